The van der Waals surface area contributed by atoms with Crippen LogP contribution in [0.15, 0.2) is 23.5 Å². The Balaban J connectivity index is 1.44. The average molecular weight is 783 g/mol. The number of aliphatic hydroxyl groups excluding tert-OH is 6. The molecule has 0 amide bonds. The third-order valence-electron chi connectivity index (χ3n) is 13.0. The molecule has 3 saturated heterocycles. The number of carbonyl (C=O) groups is 5. The van der Waals surface area contributed by atoms with E-state index in [1.54, 1.807) is 27.7 Å². The van der Waals surface area contributed by atoms with Crippen molar-refractivity contribution in [2.24, 2.45) is 34.5 Å². The van der Waals surface area contributed by atoms with Gasteiger partial charge in [0.05, 0.1) is 32.3 Å². The third-order valence-corrected chi connectivity index (χ3v) is 13.0. The molecule has 0 radical (unpaired) electrons. The quantitative estimate of drug-likeness (QED) is 0.0868. The van der Waals surface area contributed by atoms with Gasteiger partial charge in [0.15, 0.2) is 5.76 Å². The Hall–Kier alpha value is -3.49. The Morgan fingerprint density at radius 1 is 1.04 bits per heavy atom. The van der Waals surface area contributed by atoms with Gasteiger partial charge in [-0.25, -0.2) is 14.4 Å². The van der Waals surface area contributed by atoms with Gasteiger partial charge in [-0.15, -0.1) is 0 Å². The summed E-state index contributed by atoms with van der Waals surface area (Å²) < 4.78 is 39.8. The highest BCUT2D eigenvalue weighted by molar-refractivity contribution is 6.00. The van der Waals surface area contributed by atoms with Crippen LogP contribution in [0.4, 0.5) is 0 Å². The van der Waals surface area contributed by atoms with Gasteiger partial charge in [0.25, 0.3) is 0 Å². The maximum absolute atomic E-state index is 14.9. The van der Waals surface area contributed by atoms with Crippen LogP contribution in [0.25, 0.3) is 0 Å². The molecule has 3 aliphatic heterocycles. The topological polar surface area (TPSA) is 271 Å². The fourth-order valence-corrected chi connectivity index (χ4v) is 10.6. The number of hydrogen-bond donors (Lipinski definition) is 6. The Labute approximate surface area is 316 Å². The van der Waals surface area contributed by atoms with E-state index in [-0.39, 0.29) is 18.6 Å². The zero-order valence-electron chi connectivity index (χ0n) is 31.6. The molecule has 6 N–H and O–H groups in total. The van der Waals surface area contributed by atoms with Gasteiger partial charge >= 0.3 is 23.9 Å². The Bertz CT molecular complexity index is 1670. The molecule has 18 heteroatoms. The van der Waals surface area contributed by atoms with E-state index in [0.717, 1.165) is 13.2 Å². The number of methoxy groups -OCH3 is 1. The highest BCUT2D eigenvalue weighted by Crippen LogP contribution is 2.72. The fourth-order valence-electron chi connectivity index (χ4n) is 10.6. The largest absolute Gasteiger partial charge is 0.467 e. The van der Waals surface area contributed by atoms with Crippen LogP contribution in [0.3, 0.4) is 0 Å². The second kappa shape index (κ2) is 14.2. The van der Waals surface area contributed by atoms with Crippen LogP contribution in [0.5, 0.6) is 0 Å². The maximum Gasteiger partial charge on any atom is 0.348 e. The molecule has 55 heavy (non-hydrogen) atoms. The number of rotatable bonds is 9. The zero-order chi connectivity index (χ0) is 40.7. The summed E-state index contributed by atoms with van der Waals surface area (Å²) >= 11 is 0. The van der Waals surface area contributed by atoms with E-state index in [2.05, 4.69) is 0 Å². The minimum absolute atomic E-state index is 0.00741. The van der Waals surface area contributed by atoms with Crippen LogP contribution in [0.1, 0.15) is 54.4 Å². The summed E-state index contributed by atoms with van der Waals surface area (Å²) in [5.41, 5.74) is -6.76. The number of ketones is 1. The van der Waals surface area contributed by atoms with Gasteiger partial charge in [-0.3, -0.25) is 9.59 Å². The lowest BCUT2D eigenvalue weighted by molar-refractivity contribution is -0.297. The zero-order valence-corrected chi connectivity index (χ0v) is 31.6. The van der Waals surface area contributed by atoms with Gasteiger partial charge in [0, 0.05) is 29.7 Å². The number of carbonyl (C=O) groups excluding carboxylic acids is 5. The molecule has 2 bridgehead atoms. The van der Waals surface area contributed by atoms with E-state index in [1.807, 2.05) is 0 Å². The molecule has 6 rings (SSSR count). The van der Waals surface area contributed by atoms with Crippen molar-refractivity contribution in [2.75, 3.05) is 20.3 Å². The Kier molecular flexibility index (Phi) is 10.6. The van der Waals surface area contributed by atoms with Crippen LogP contribution in [0, 0.1) is 34.5 Å². The maximum atomic E-state index is 14.9. The molecule has 3 heterocycles. The summed E-state index contributed by atoms with van der Waals surface area (Å²) in [5, 5.41) is 65.2. The van der Waals surface area contributed by atoms with Crippen molar-refractivity contribution in [3.05, 3.63) is 23.5 Å². The fraction of sp³-hybridized carbons (Fsp3) is 0.757. The van der Waals surface area contributed by atoms with Crippen molar-refractivity contribution < 1.29 is 87.8 Å². The summed E-state index contributed by atoms with van der Waals surface area (Å²) in [6.07, 6.45) is -12.8. The normalized spacial score (nSPS) is 45.0. The van der Waals surface area contributed by atoms with Crippen molar-refractivity contribution in [3.8, 4) is 0 Å². The van der Waals surface area contributed by atoms with E-state index in [1.165, 1.54) is 19.9 Å². The number of fused-ring (bicyclic) bond motifs is 2. The second-order valence-electron chi connectivity index (χ2n) is 16.1. The van der Waals surface area contributed by atoms with E-state index < -0.39 is 144 Å². The van der Waals surface area contributed by atoms with Crippen LogP contribution in [0.2, 0.25) is 0 Å². The lowest BCUT2D eigenvalue weighted by Gasteiger charge is -2.67. The molecule has 0 aromatic heterocycles. The molecular weight excluding hydrogens is 732 g/mol. The van der Waals surface area contributed by atoms with Gasteiger partial charge in [-0.05, 0) is 50.2 Å². The Morgan fingerprint density at radius 3 is 2.31 bits per heavy atom. The first-order chi connectivity index (χ1) is 25.7. The van der Waals surface area contributed by atoms with E-state index >= 15 is 0 Å². The molecule has 3 aliphatic carbocycles. The number of ether oxygens (including phenoxy) is 7. The van der Waals surface area contributed by atoms with Gasteiger partial charge < -0.3 is 63.8 Å². The molecule has 0 aromatic rings. The minimum Gasteiger partial charge on any atom is -0.467 e. The molecule has 2 saturated carbocycles. The van der Waals surface area contributed by atoms with Gasteiger partial charge in [0.2, 0.25) is 23.8 Å². The first kappa shape index (κ1) is 41.2. The van der Waals surface area contributed by atoms with Crippen LogP contribution in [-0.2, 0) is 57.1 Å². The SMILES string of the molecule is CCC(=CC(=O)OC1C(=O)OC2CC3C(C)C=C(OC4OC(CO)C(O)C(O)C4O)C(=O)C3(C)C3C(O)C(O)C4(C(=O)OC)OCC23C14)C(C)(C)OC(C)=O. The van der Waals surface area contributed by atoms with Crippen molar-refractivity contribution in [1.82, 2.24) is 0 Å². The van der Waals surface area contributed by atoms with Crippen molar-refractivity contribution >= 4 is 29.7 Å². The Morgan fingerprint density at radius 2 is 1.71 bits per heavy atom. The number of hydrogen-bond acceptors (Lipinski definition) is 18. The smallest absolute Gasteiger partial charge is 0.348 e. The molecule has 16 unspecified atom stereocenters. The third kappa shape index (κ3) is 5.85. The molecule has 1 spiro atoms. The van der Waals surface area contributed by atoms with Crippen LogP contribution >= 0.6 is 0 Å². The highest BCUT2D eigenvalue weighted by atomic mass is 16.7. The standard InChI is InChI=1S/C37H50O18/c1-8-16(34(4,5)55-15(3)39)10-21(40)54-26-28-36-13-50-37(28,33(48)49-7)30(46)25(44)27(36)35(6)17(11-20(36)53-31(26)47)14(2)9-18(29(35)45)51-32-24(43)23(42)22(41)19(12-38)52-32/h9-10,14,17,19-20,22-28,30,32,38,41-44,46H,8,11-13H2,1-7H3. The number of esters is 4. The van der Waals surface area contributed by atoms with Crippen molar-refractivity contribution in [1.29, 1.82) is 0 Å². The summed E-state index contributed by atoms with van der Waals surface area (Å²) in [4.78, 5) is 68.1. The van der Waals surface area contributed by atoms with E-state index in [4.69, 9.17) is 33.2 Å². The van der Waals surface area contributed by atoms with Gasteiger partial charge in [-0.2, -0.15) is 0 Å². The number of allylic oxidation sites excluding steroid dienone is 2. The molecule has 6 aliphatic rings. The molecule has 0 aromatic carbocycles. The summed E-state index contributed by atoms with van der Waals surface area (Å²) in [7, 11) is 1.02. The van der Waals surface area contributed by atoms with Crippen molar-refractivity contribution in [3.63, 3.8) is 0 Å². The summed E-state index contributed by atoms with van der Waals surface area (Å²) in [6, 6.07) is 0. The highest BCUT2D eigenvalue weighted by Gasteiger charge is 2.86. The molecule has 306 valence electrons. The van der Waals surface area contributed by atoms with Crippen LogP contribution < -0.4 is 0 Å². The van der Waals surface area contributed by atoms with Crippen LogP contribution in [-0.4, -0.2) is 147 Å². The molecule has 18 nitrogen and oxygen atoms in total. The lowest BCUT2D eigenvalue weighted by atomic mass is 9.37. The van der Waals surface area contributed by atoms with Gasteiger partial charge in [0.1, 0.15) is 42.2 Å². The first-order valence-corrected chi connectivity index (χ1v) is 18.3. The lowest BCUT2D eigenvalue weighted by Crippen LogP contribution is -2.80. The predicted molar refractivity (Wildman–Crippen MR) is 179 cm³/mol. The minimum atomic E-state index is -2.47. The first-order valence-electron chi connectivity index (χ1n) is 18.3. The second-order valence-corrected chi connectivity index (χ2v) is 16.1. The number of aliphatic hydroxyl groups is 6. The number of Topliss-reactive ketones (excluding diaryl/α,β-unsaturated/α-hetero) is 1. The van der Waals surface area contributed by atoms with Crippen molar-refractivity contribution in [2.45, 2.75) is 121 Å². The average Bonchev–Trinajstić information content (AvgIpc) is 3.43. The molecule has 16 atom stereocenters. The van der Waals surface area contributed by atoms with Gasteiger partial charge in [-0.1, -0.05) is 20.8 Å². The summed E-state index contributed by atoms with van der Waals surface area (Å²) in [5.74, 6) is -9.19. The van der Waals surface area contributed by atoms with E-state index in [0.29, 0.717) is 5.57 Å². The molecule has 5 fully saturated rings. The van der Waals surface area contributed by atoms with E-state index in [9.17, 15) is 54.6 Å². The monoisotopic (exact) mass is 782 g/mol. The predicted octanol–water partition coefficient (Wildman–Crippen LogP) is -1.66. The summed E-state index contributed by atoms with van der Waals surface area (Å²) in [6.45, 7) is 8.10. The molecular formula is C37H50O18.